The SMILES string of the molecule is CN1CCC2(CCCCC2)CC1(C)C. The molecule has 2 fully saturated rings. The molecule has 1 heteroatoms. The molecule has 0 aromatic heterocycles. The van der Waals surface area contributed by atoms with Crippen LogP contribution < -0.4 is 0 Å². The van der Waals surface area contributed by atoms with Gasteiger partial charge in [-0.3, -0.25) is 0 Å². The molecule has 1 saturated carbocycles. The first-order valence-corrected chi connectivity index (χ1v) is 6.25. The minimum Gasteiger partial charge on any atom is -0.301 e. The van der Waals surface area contributed by atoms with Crippen molar-refractivity contribution in [3.63, 3.8) is 0 Å². The van der Waals surface area contributed by atoms with Crippen molar-refractivity contribution in [3.05, 3.63) is 0 Å². The molecular weight excluding hydrogens is 170 g/mol. The van der Waals surface area contributed by atoms with Crippen molar-refractivity contribution in [2.75, 3.05) is 13.6 Å². The Labute approximate surface area is 88.9 Å². The summed E-state index contributed by atoms with van der Waals surface area (Å²) in [4.78, 5) is 2.55. The molecule has 0 aromatic rings. The Morgan fingerprint density at radius 3 is 2.14 bits per heavy atom. The van der Waals surface area contributed by atoms with Gasteiger partial charge in [0.1, 0.15) is 0 Å². The fourth-order valence-electron chi connectivity index (χ4n) is 3.58. The average molecular weight is 195 g/mol. The number of nitrogens with zero attached hydrogens (tertiary/aromatic N) is 1. The number of hydrogen-bond acceptors (Lipinski definition) is 1. The van der Waals surface area contributed by atoms with E-state index in [1.807, 2.05) is 0 Å². The Bertz CT molecular complexity index is 201. The van der Waals surface area contributed by atoms with Gasteiger partial charge in [0.25, 0.3) is 0 Å². The van der Waals surface area contributed by atoms with Crippen molar-refractivity contribution >= 4 is 0 Å². The first-order valence-electron chi connectivity index (χ1n) is 6.25. The summed E-state index contributed by atoms with van der Waals surface area (Å²) in [5, 5.41) is 0. The van der Waals surface area contributed by atoms with Gasteiger partial charge in [0.2, 0.25) is 0 Å². The molecular formula is C13H25N. The van der Waals surface area contributed by atoms with E-state index in [1.54, 1.807) is 0 Å². The highest BCUT2D eigenvalue weighted by Gasteiger charge is 2.42. The van der Waals surface area contributed by atoms with Crippen molar-refractivity contribution in [2.24, 2.45) is 5.41 Å². The molecule has 1 saturated heterocycles. The van der Waals surface area contributed by atoms with Gasteiger partial charge in [-0.05, 0) is 58.5 Å². The lowest BCUT2D eigenvalue weighted by Gasteiger charge is -2.52. The number of rotatable bonds is 0. The fraction of sp³-hybridized carbons (Fsp3) is 1.00. The van der Waals surface area contributed by atoms with E-state index in [9.17, 15) is 0 Å². The molecule has 0 bridgehead atoms. The maximum absolute atomic E-state index is 2.55. The summed E-state index contributed by atoms with van der Waals surface area (Å²) in [7, 11) is 2.29. The van der Waals surface area contributed by atoms with E-state index >= 15 is 0 Å². The predicted octanol–water partition coefficient (Wildman–Crippen LogP) is 3.44. The van der Waals surface area contributed by atoms with Gasteiger partial charge < -0.3 is 4.90 Å². The Hall–Kier alpha value is -0.0400. The minimum atomic E-state index is 0.440. The lowest BCUT2D eigenvalue weighted by Crippen LogP contribution is -2.52. The Morgan fingerprint density at radius 2 is 1.57 bits per heavy atom. The summed E-state index contributed by atoms with van der Waals surface area (Å²) < 4.78 is 0. The van der Waals surface area contributed by atoms with Crippen LogP contribution in [0.4, 0.5) is 0 Å². The van der Waals surface area contributed by atoms with Crippen LogP contribution in [0.25, 0.3) is 0 Å². The van der Waals surface area contributed by atoms with Gasteiger partial charge in [-0.15, -0.1) is 0 Å². The molecule has 14 heavy (non-hydrogen) atoms. The molecule has 82 valence electrons. The number of hydrogen-bond donors (Lipinski definition) is 0. The molecule has 1 heterocycles. The fourth-order valence-corrected chi connectivity index (χ4v) is 3.58. The average Bonchev–Trinajstić information content (AvgIpc) is 2.13. The van der Waals surface area contributed by atoms with Crippen LogP contribution in [0.1, 0.15) is 58.8 Å². The second-order valence-corrected chi connectivity index (χ2v) is 6.22. The Balaban J connectivity index is 2.07. The Kier molecular flexibility index (Phi) is 2.63. The summed E-state index contributed by atoms with van der Waals surface area (Å²) in [6, 6.07) is 0. The molecule has 0 radical (unpaired) electrons. The molecule has 1 aliphatic heterocycles. The monoisotopic (exact) mass is 195 g/mol. The third kappa shape index (κ3) is 1.84. The van der Waals surface area contributed by atoms with Crippen molar-refractivity contribution in [3.8, 4) is 0 Å². The highest BCUT2D eigenvalue weighted by Crippen LogP contribution is 2.48. The topological polar surface area (TPSA) is 3.24 Å². The maximum atomic E-state index is 2.55. The molecule has 0 amide bonds. The standard InChI is InChI=1S/C13H25N/c1-12(2)11-13(9-10-14(12)3)7-5-4-6-8-13/h4-11H2,1-3H3. The van der Waals surface area contributed by atoms with Crippen molar-refractivity contribution in [2.45, 2.75) is 64.3 Å². The summed E-state index contributed by atoms with van der Waals surface area (Å²) in [6.45, 7) is 6.15. The first kappa shape index (κ1) is 10.5. The van der Waals surface area contributed by atoms with Gasteiger partial charge in [0, 0.05) is 5.54 Å². The number of likely N-dealkylation sites (tertiary alicyclic amines) is 1. The molecule has 1 spiro atoms. The molecule has 2 rings (SSSR count). The summed E-state index contributed by atoms with van der Waals surface area (Å²) >= 11 is 0. The second-order valence-electron chi connectivity index (χ2n) is 6.22. The van der Waals surface area contributed by atoms with Gasteiger partial charge in [-0.1, -0.05) is 19.3 Å². The third-order valence-corrected chi connectivity index (χ3v) is 4.73. The van der Waals surface area contributed by atoms with E-state index in [-0.39, 0.29) is 0 Å². The van der Waals surface area contributed by atoms with Crippen LogP contribution in [0.5, 0.6) is 0 Å². The normalized spacial score (nSPS) is 31.9. The van der Waals surface area contributed by atoms with E-state index in [4.69, 9.17) is 0 Å². The Morgan fingerprint density at radius 1 is 0.929 bits per heavy atom. The largest absolute Gasteiger partial charge is 0.301 e. The lowest BCUT2D eigenvalue weighted by molar-refractivity contribution is -0.00678. The molecule has 0 unspecified atom stereocenters. The second kappa shape index (κ2) is 3.52. The van der Waals surface area contributed by atoms with Gasteiger partial charge in [0.05, 0.1) is 0 Å². The van der Waals surface area contributed by atoms with Crippen LogP contribution in [0.3, 0.4) is 0 Å². The smallest absolute Gasteiger partial charge is 0.0155 e. The highest BCUT2D eigenvalue weighted by atomic mass is 15.2. The molecule has 2 aliphatic rings. The number of piperidine rings is 1. The summed E-state index contributed by atoms with van der Waals surface area (Å²) in [5.41, 5.74) is 1.17. The van der Waals surface area contributed by atoms with Gasteiger partial charge in [-0.2, -0.15) is 0 Å². The van der Waals surface area contributed by atoms with Crippen molar-refractivity contribution < 1.29 is 0 Å². The predicted molar refractivity (Wildman–Crippen MR) is 61.5 cm³/mol. The molecule has 0 N–H and O–H groups in total. The molecule has 1 nitrogen and oxygen atoms in total. The van der Waals surface area contributed by atoms with Crippen LogP contribution in [-0.4, -0.2) is 24.0 Å². The van der Waals surface area contributed by atoms with Crippen molar-refractivity contribution in [1.82, 2.24) is 4.90 Å². The van der Waals surface area contributed by atoms with Crippen LogP contribution in [0.15, 0.2) is 0 Å². The zero-order valence-electron chi connectivity index (χ0n) is 10.1. The minimum absolute atomic E-state index is 0.440. The molecule has 0 atom stereocenters. The van der Waals surface area contributed by atoms with Gasteiger partial charge in [-0.25, -0.2) is 0 Å². The van der Waals surface area contributed by atoms with E-state index in [0.29, 0.717) is 5.54 Å². The maximum Gasteiger partial charge on any atom is 0.0155 e. The van der Waals surface area contributed by atoms with E-state index < -0.39 is 0 Å². The van der Waals surface area contributed by atoms with Crippen LogP contribution in [-0.2, 0) is 0 Å². The molecule has 1 aliphatic carbocycles. The van der Waals surface area contributed by atoms with Crippen molar-refractivity contribution in [1.29, 1.82) is 0 Å². The zero-order valence-corrected chi connectivity index (χ0v) is 10.1. The molecule has 0 aromatic carbocycles. The lowest BCUT2D eigenvalue weighted by atomic mass is 9.63. The highest BCUT2D eigenvalue weighted by molar-refractivity contribution is 4.96. The summed E-state index contributed by atoms with van der Waals surface area (Å²) in [5.74, 6) is 0. The van der Waals surface area contributed by atoms with Gasteiger partial charge >= 0.3 is 0 Å². The van der Waals surface area contributed by atoms with E-state index in [0.717, 1.165) is 5.41 Å². The van der Waals surface area contributed by atoms with E-state index in [1.165, 1.54) is 51.5 Å². The van der Waals surface area contributed by atoms with Crippen LogP contribution >= 0.6 is 0 Å². The third-order valence-electron chi connectivity index (χ3n) is 4.73. The van der Waals surface area contributed by atoms with Crippen LogP contribution in [0.2, 0.25) is 0 Å². The van der Waals surface area contributed by atoms with Crippen LogP contribution in [0, 0.1) is 5.41 Å². The quantitative estimate of drug-likeness (QED) is 0.572. The van der Waals surface area contributed by atoms with E-state index in [2.05, 4.69) is 25.8 Å². The van der Waals surface area contributed by atoms with Gasteiger partial charge in [0.15, 0.2) is 0 Å². The summed E-state index contributed by atoms with van der Waals surface area (Å²) in [6.07, 6.45) is 10.3. The first-order chi connectivity index (χ1) is 6.54. The zero-order chi connectivity index (χ0) is 10.2.